The Balaban J connectivity index is 2.53. The number of carbonyl (C=O) groups is 1. The van der Waals surface area contributed by atoms with Gasteiger partial charge in [-0.2, -0.15) is 0 Å². The number of ether oxygens (including phenoxy) is 1. The van der Waals surface area contributed by atoms with Gasteiger partial charge in [0.2, 0.25) is 0 Å². The number of benzene rings is 1. The largest absolute Gasteiger partial charge is 0.453 e. The monoisotopic (exact) mass is 234 g/mol. The molecule has 0 aliphatic heterocycles. The summed E-state index contributed by atoms with van der Waals surface area (Å²) in [4.78, 5) is 22.5. The maximum atomic E-state index is 11.5. The van der Waals surface area contributed by atoms with E-state index in [2.05, 4.69) is 10.1 Å². The van der Waals surface area contributed by atoms with Crippen LogP contribution in [-0.2, 0) is 4.74 Å². The molecule has 1 amide bonds. The molecule has 0 fully saturated rings. The zero-order chi connectivity index (χ0) is 12.4. The molecule has 1 aromatic heterocycles. The van der Waals surface area contributed by atoms with Crippen LogP contribution in [0.3, 0.4) is 0 Å². The van der Waals surface area contributed by atoms with Gasteiger partial charge >= 0.3 is 11.7 Å². The van der Waals surface area contributed by atoms with Crippen LogP contribution in [0.15, 0.2) is 33.5 Å². The van der Waals surface area contributed by atoms with Gasteiger partial charge in [-0.3, -0.25) is 5.32 Å². The summed E-state index contributed by atoms with van der Waals surface area (Å²) in [6, 6.07) is 6.34. The van der Waals surface area contributed by atoms with Crippen molar-refractivity contribution in [2.24, 2.45) is 0 Å². The molecular formula is C11H10N2O4. The van der Waals surface area contributed by atoms with E-state index in [1.807, 2.05) is 0 Å². The molecule has 0 bridgehead atoms. The zero-order valence-corrected chi connectivity index (χ0v) is 9.02. The van der Waals surface area contributed by atoms with Crippen LogP contribution in [-0.4, -0.2) is 13.2 Å². The second kappa shape index (κ2) is 4.17. The number of methoxy groups -OCH3 is 1. The quantitative estimate of drug-likeness (QED) is 0.576. The van der Waals surface area contributed by atoms with E-state index in [0.29, 0.717) is 16.7 Å². The Hall–Kier alpha value is -2.50. The first-order valence-corrected chi connectivity index (χ1v) is 4.78. The molecule has 0 spiro atoms. The molecule has 3 N–H and O–H groups in total. The molecular weight excluding hydrogens is 224 g/mol. The molecule has 0 radical (unpaired) electrons. The topological polar surface area (TPSA) is 94.6 Å². The van der Waals surface area contributed by atoms with Crippen LogP contribution in [0.1, 0.15) is 0 Å². The Bertz CT molecular complexity index is 633. The minimum absolute atomic E-state index is 0.00921. The summed E-state index contributed by atoms with van der Waals surface area (Å²) in [6.45, 7) is 0. The van der Waals surface area contributed by atoms with Crippen molar-refractivity contribution in [3.8, 4) is 0 Å². The number of hydrogen-bond acceptors (Lipinski definition) is 5. The van der Waals surface area contributed by atoms with E-state index in [9.17, 15) is 9.59 Å². The Labute approximate surface area is 96.0 Å². The van der Waals surface area contributed by atoms with E-state index in [1.165, 1.54) is 13.2 Å². The van der Waals surface area contributed by atoms with Gasteiger partial charge in [0.15, 0.2) is 0 Å². The molecule has 2 aromatic rings. The predicted molar refractivity (Wildman–Crippen MR) is 62.9 cm³/mol. The van der Waals surface area contributed by atoms with Gasteiger partial charge in [-0.1, -0.05) is 0 Å². The lowest BCUT2D eigenvalue weighted by molar-refractivity contribution is 0.187. The van der Waals surface area contributed by atoms with Gasteiger partial charge in [0.05, 0.1) is 7.11 Å². The number of amides is 1. The van der Waals surface area contributed by atoms with Crippen molar-refractivity contribution in [1.82, 2.24) is 0 Å². The van der Waals surface area contributed by atoms with Crippen LogP contribution in [0, 0.1) is 0 Å². The smallest absolute Gasteiger partial charge is 0.411 e. The van der Waals surface area contributed by atoms with Gasteiger partial charge in [0.1, 0.15) is 11.3 Å². The van der Waals surface area contributed by atoms with Crippen LogP contribution in [0.2, 0.25) is 0 Å². The first-order valence-electron chi connectivity index (χ1n) is 4.78. The summed E-state index contributed by atoms with van der Waals surface area (Å²) in [5.41, 5.74) is 5.91. The van der Waals surface area contributed by atoms with Crippen molar-refractivity contribution in [1.29, 1.82) is 0 Å². The van der Waals surface area contributed by atoms with E-state index in [1.54, 1.807) is 18.2 Å². The predicted octanol–water partition coefficient (Wildman–Crippen LogP) is 1.55. The molecule has 0 aliphatic carbocycles. The first-order chi connectivity index (χ1) is 8.10. The standard InChI is InChI=1S/C11H10N2O4/c1-16-11(15)13-8-5-6-4-7(12)2-3-9(6)17-10(8)14/h2-5H,12H2,1H3,(H,13,15). The van der Waals surface area contributed by atoms with Crippen LogP contribution in [0.4, 0.5) is 16.2 Å². The number of hydrogen-bond donors (Lipinski definition) is 2. The SMILES string of the molecule is COC(=O)Nc1cc2cc(N)ccc2oc1=O. The third kappa shape index (κ3) is 2.20. The molecule has 2 rings (SSSR count). The van der Waals surface area contributed by atoms with Gasteiger partial charge in [-0.15, -0.1) is 0 Å². The van der Waals surface area contributed by atoms with Crippen molar-refractivity contribution >= 4 is 28.4 Å². The fourth-order valence-corrected chi connectivity index (χ4v) is 1.39. The first kappa shape index (κ1) is 11.0. The normalized spacial score (nSPS) is 10.2. The van der Waals surface area contributed by atoms with Crippen LogP contribution < -0.4 is 16.7 Å². The van der Waals surface area contributed by atoms with Crippen molar-refractivity contribution in [2.45, 2.75) is 0 Å². The lowest BCUT2D eigenvalue weighted by Gasteiger charge is -2.03. The lowest BCUT2D eigenvalue weighted by Crippen LogP contribution is -2.17. The molecule has 6 heteroatoms. The number of nitrogen functional groups attached to an aromatic ring is 1. The van der Waals surface area contributed by atoms with Gasteiger partial charge in [0, 0.05) is 11.1 Å². The second-order valence-electron chi connectivity index (χ2n) is 3.36. The fraction of sp³-hybridized carbons (Fsp3) is 0.0909. The summed E-state index contributed by atoms with van der Waals surface area (Å²) < 4.78 is 9.40. The third-order valence-corrected chi connectivity index (χ3v) is 2.18. The van der Waals surface area contributed by atoms with Crippen LogP contribution in [0.5, 0.6) is 0 Å². The van der Waals surface area contributed by atoms with Crippen LogP contribution >= 0.6 is 0 Å². The van der Waals surface area contributed by atoms with Gasteiger partial charge in [-0.25, -0.2) is 9.59 Å². The fourth-order valence-electron chi connectivity index (χ4n) is 1.39. The second-order valence-corrected chi connectivity index (χ2v) is 3.36. The summed E-state index contributed by atoms with van der Waals surface area (Å²) in [5.74, 6) is 0. The Morgan fingerprint density at radius 1 is 1.41 bits per heavy atom. The highest BCUT2D eigenvalue weighted by molar-refractivity contribution is 5.88. The van der Waals surface area contributed by atoms with Crippen molar-refractivity contribution in [2.75, 3.05) is 18.2 Å². The number of nitrogens with two attached hydrogens (primary N) is 1. The number of rotatable bonds is 1. The molecule has 17 heavy (non-hydrogen) atoms. The molecule has 0 saturated carbocycles. The number of anilines is 2. The van der Waals surface area contributed by atoms with Crippen molar-refractivity contribution < 1.29 is 13.9 Å². The Morgan fingerprint density at radius 3 is 2.88 bits per heavy atom. The molecule has 6 nitrogen and oxygen atoms in total. The average molecular weight is 234 g/mol. The summed E-state index contributed by atoms with van der Waals surface area (Å²) >= 11 is 0. The number of nitrogens with one attached hydrogen (secondary N) is 1. The molecule has 0 aliphatic rings. The van der Waals surface area contributed by atoms with Gasteiger partial charge in [0.25, 0.3) is 0 Å². The summed E-state index contributed by atoms with van der Waals surface area (Å²) in [5, 5.41) is 2.88. The highest BCUT2D eigenvalue weighted by atomic mass is 16.5. The molecule has 0 atom stereocenters. The van der Waals surface area contributed by atoms with Gasteiger partial charge in [-0.05, 0) is 24.3 Å². The zero-order valence-electron chi connectivity index (χ0n) is 9.02. The van der Waals surface area contributed by atoms with Crippen molar-refractivity contribution in [3.05, 3.63) is 34.7 Å². The average Bonchev–Trinajstić information content (AvgIpc) is 2.30. The molecule has 0 saturated heterocycles. The minimum Gasteiger partial charge on any atom is -0.453 e. The third-order valence-electron chi connectivity index (χ3n) is 2.18. The van der Waals surface area contributed by atoms with Crippen LogP contribution in [0.25, 0.3) is 11.0 Å². The van der Waals surface area contributed by atoms with E-state index in [0.717, 1.165) is 0 Å². The maximum Gasteiger partial charge on any atom is 0.411 e. The number of carbonyl (C=O) groups excluding carboxylic acids is 1. The van der Waals surface area contributed by atoms with E-state index < -0.39 is 11.7 Å². The van der Waals surface area contributed by atoms with E-state index >= 15 is 0 Å². The maximum absolute atomic E-state index is 11.5. The Morgan fingerprint density at radius 2 is 2.18 bits per heavy atom. The number of fused-ring (bicyclic) bond motifs is 1. The Kier molecular flexibility index (Phi) is 2.70. The minimum atomic E-state index is -0.736. The summed E-state index contributed by atoms with van der Waals surface area (Å²) in [6.07, 6.45) is -0.736. The molecule has 88 valence electrons. The molecule has 0 unspecified atom stereocenters. The van der Waals surface area contributed by atoms with Crippen molar-refractivity contribution in [3.63, 3.8) is 0 Å². The summed E-state index contributed by atoms with van der Waals surface area (Å²) in [7, 11) is 1.20. The van der Waals surface area contributed by atoms with Gasteiger partial charge < -0.3 is 14.9 Å². The van der Waals surface area contributed by atoms with E-state index in [-0.39, 0.29) is 5.69 Å². The molecule has 1 aromatic carbocycles. The lowest BCUT2D eigenvalue weighted by atomic mass is 10.2. The highest BCUT2D eigenvalue weighted by Gasteiger charge is 2.08. The van der Waals surface area contributed by atoms with E-state index in [4.69, 9.17) is 10.2 Å². The molecule has 1 heterocycles. The highest BCUT2D eigenvalue weighted by Crippen LogP contribution is 2.18.